The number of nitrogens with zero attached hydrogens (tertiary/aromatic N) is 2. The van der Waals surface area contributed by atoms with Crippen molar-refractivity contribution in [3.05, 3.63) is 72.4 Å². The molecule has 0 saturated carbocycles. The molecule has 1 heterocycles. The van der Waals surface area contributed by atoms with E-state index in [-0.39, 0.29) is 5.56 Å². The lowest BCUT2D eigenvalue weighted by molar-refractivity contribution is 0.0697. The van der Waals surface area contributed by atoms with Crippen molar-refractivity contribution < 1.29 is 9.90 Å². The van der Waals surface area contributed by atoms with E-state index in [4.69, 9.17) is 5.11 Å². The first kappa shape index (κ1) is 12.2. The van der Waals surface area contributed by atoms with Crippen LogP contribution in [0.25, 0.3) is 16.9 Å². The molecule has 0 bridgehead atoms. The van der Waals surface area contributed by atoms with E-state index in [1.165, 1.54) is 0 Å². The maximum absolute atomic E-state index is 10.9. The number of carboxylic acids is 1. The molecule has 20 heavy (non-hydrogen) atoms. The molecular weight excluding hydrogens is 252 g/mol. The van der Waals surface area contributed by atoms with Gasteiger partial charge < -0.3 is 5.11 Å². The van der Waals surface area contributed by atoms with Crippen LogP contribution < -0.4 is 0 Å². The van der Waals surface area contributed by atoms with Gasteiger partial charge in [0.25, 0.3) is 0 Å². The van der Waals surface area contributed by atoms with Crippen LogP contribution in [0.4, 0.5) is 0 Å². The highest BCUT2D eigenvalue weighted by Crippen LogP contribution is 2.22. The molecular formula is C16H12N2O2. The molecule has 2 aromatic carbocycles. The Hall–Kier alpha value is -2.88. The van der Waals surface area contributed by atoms with Gasteiger partial charge in [0.15, 0.2) is 0 Å². The van der Waals surface area contributed by atoms with Gasteiger partial charge in [-0.3, -0.25) is 0 Å². The van der Waals surface area contributed by atoms with Crippen molar-refractivity contribution in [1.82, 2.24) is 9.78 Å². The van der Waals surface area contributed by atoms with Gasteiger partial charge in [0.1, 0.15) is 0 Å². The summed E-state index contributed by atoms with van der Waals surface area (Å²) in [6.07, 6.45) is 1.73. The Morgan fingerprint density at radius 2 is 1.65 bits per heavy atom. The van der Waals surface area contributed by atoms with Crippen molar-refractivity contribution in [2.75, 3.05) is 0 Å². The molecule has 0 radical (unpaired) electrons. The molecule has 1 N–H and O–H groups in total. The number of para-hydroxylation sites is 1. The second-order valence-electron chi connectivity index (χ2n) is 4.35. The molecule has 0 aliphatic heterocycles. The van der Waals surface area contributed by atoms with E-state index in [0.29, 0.717) is 0 Å². The van der Waals surface area contributed by atoms with Crippen LogP contribution in [-0.4, -0.2) is 20.9 Å². The monoisotopic (exact) mass is 264 g/mol. The fourth-order valence-corrected chi connectivity index (χ4v) is 2.08. The van der Waals surface area contributed by atoms with E-state index in [9.17, 15) is 4.79 Å². The summed E-state index contributed by atoms with van der Waals surface area (Å²) in [7, 11) is 0. The van der Waals surface area contributed by atoms with Crippen LogP contribution in [-0.2, 0) is 0 Å². The van der Waals surface area contributed by atoms with Crippen molar-refractivity contribution in [3.63, 3.8) is 0 Å². The lowest BCUT2D eigenvalue weighted by atomic mass is 10.1. The maximum atomic E-state index is 10.9. The molecule has 3 aromatic rings. The fraction of sp³-hybridized carbons (Fsp3) is 0. The van der Waals surface area contributed by atoms with Crippen LogP contribution in [0.3, 0.4) is 0 Å². The Kier molecular flexibility index (Phi) is 3.05. The van der Waals surface area contributed by atoms with Crippen molar-refractivity contribution in [2.45, 2.75) is 0 Å². The molecule has 4 heteroatoms. The Labute approximate surface area is 115 Å². The number of benzene rings is 2. The van der Waals surface area contributed by atoms with Gasteiger partial charge in [0.05, 0.1) is 23.1 Å². The van der Waals surface area contributed by atoms with E-state index < -0.39 is 5.97 Å². The van der Waals surface area contributed by atoms with E-state index in [2.05, 4.69) is 5.10 Å². The number of carboxylic acid groups (broad SMARTS) is 1. The number of hydrogen-bond donors (Lipinski definition) is 1. The Morgan fingerprint density at radius 3 is 2.30 bits per heavy atom. The normalized spacial score (nSPS) is 10.4. The van der Waals surface area contributed by atoms with Crippen LogP contribution in [0.2, 0.25) is 0 Å². The van der Waals surface area contributed by atoms with Crippen molar-refractivity contribution >= 4 is 5.97 Å². The Morgan fingerprint density at radius 1 is 0.950 bits per heavy atom. The molecule has 98 valence electrons. The number of rotatable bonds is 3. The zero-order valence-corrected chi connectivity index (χ0v) is 10.6. The smallest absolute Gasteiger partial charge is 0.335 e. The number of aromatic carboxylic acids is 1. The highest BCUT2D eigenvalue weighted by Gasteiger charge is 2.08. The van der Waals surface area contributed by atoms with Crippen LogP contribution in [0.1, 0.15) is 10.4 Å². The highest BCUT2D eigenvalue weighted by molar-refractivity contribution is 5.88. The van der Waals surface area contributed by atoms with Gasteiger partial charge in [-0.15, -0.1) is 0 Å². The Balaban J connectivity index is 2.04. The SMILES string of the molecule is O=C(O)c1ccc(-c2ccnn2-c2ccccc2)cc1. The van der Waals surface area contributed by atoms with Crippen molar-refractivity contribution in [3.8, 4) is 16.9 Å². The number of carbonyl (C=O) groups is 1. The highest BCUT2D eigenvalue weighted by atomic mass is 16.4. The van der Waals surface area contributed by atoms with Gasteiger partial charge in [-0.25, -0.2) is 9.48 Å². The van der Waals surface area contributed by atoms with Gasteiger partial charge in [-0.2, -0.15) is 5.10 Å². The molecule has 0 unspecified atom stereocenters. The average molecular weight is 264 g/mol. The minimum Gasteiger partial charge on any atom is -0.478 e. The molecule has 0 atom stereocenters. The van der Waals surface area contributed by atoms with Crippen LogP contribution in [0, 0.1) is 0 Å². The van der Waals surface area contributed by atoms with E-state index in [1.807, 2.05) is 41.1 Å². The van der Waals surface area contributed by atoms with Gasteiger partial charge in [0.2, 0.25) is 0 Å². The number of aromatic nitrogens is 2. The first-order valence-electron chi connectivity index (χ1n) is 6.19. The fourth-order valence-electron chi connectivity index (χ4n) is 2.08. The van der Waals surface area contributed by atoms with Crippen molar-refractivity contribution in [2.24, 2.45) is 0 Å². The minimum absolute atomic E-state index is 0.277. The molecule has 3 rings (SSSR count). The first-order valence-corrected chi connectivity index (χ1v) is 6.19. The molecule has 1 aromatic heterocycles. The largest absolute Gasteiger partial charge is 0.478 e. The third kappa shape index (κ3) is 2.19. The van der Waals surface area contributed by atoms with Gasteiger partial charge >= 0.3 is 5.97 Å². The summed E-state index contributed by atoms with van der Waals surface area (Å²) in [5.41, 5.74) is 3.10. The zero-order valence-electron chi connectivity index (χ0n) is 10.6. The van der Waals surface area contributed by atoms with Gasteiger partial charge in [-0.05, 0) is 30.3 Å². The molecule has 0 spiro atoms. The topological polar surface area (TPSA) is 55.1 Å². The molecule has 0 saturated heterocycles. The van der Waals surface area contributed by atoms with Gasteiger partial charge in [-0.1, -0.05) is 30.3 Å². The average Bonchev–Trinajstić information content (AvgIpc) is 2.97. The van der Waals surface area contributed by atoms with Gasteiger partial charge in [0, 0.05) is 5.56 Å². The zero-order chi connectivity index (χ0) is 13.9. The summed E-state index contributed by atoms with van der Waals surface area (Å²) >= 11 is 0. The second-order valence-corrected chi connectivity index (χ2v) is 4.35. The first-order chi connectivity index (χ1) is 9.75. The van der Waals surface area contributed by atoms with Crippen LogP contribution in [0.15, 0.2) is 66.9 Å². The molecule has 0 fully saturated rings. The number of hydrogen-bond acceptors (Lipinski definition) is 2. The summed E-state index contributed by atoms with van der Waals surface area (Å²) in [5, 5.41) is 13.2. The van der Waals surface area contributed by atoms with E-state index in [1.54, 1.807) is 30.5 Å². The molecule has 0 amide bonds. The molecule has 4 nitrogen and oxygen atoms in total. The minimum atomic E-state index is -0.923. The third-order valence-electron chi connectivity index (χ3n) is 3.07. The lowest BCUT2D eigenvalue weighted by Gasteiger charge is -2.07. The lowest BCUT2D eigenvalue weighted by Crippen LogP contribution is -1.99. The summed E-state index contributed by atoms with van der Waals surface area (Å²) in [6.45, 7) is 0. The summed E-state index contributed by atoms with van der Waals surface area (Å²) in [6, 6.07) is 18.5. The summed E-state index contributed by atoms with van der Waals surface area (Å²) < 4.78 is 1.83. The second kappa shape index (κ2) is 5.01. The standard InChI is InChI=1S/C16H12N2O2/c19-16(20)13-8-6-12(7-9-13)15-10-11-17-18(15)14-4-2-1-3-5-14/h1-11H,(H,19,20). The predicted molar refractivity (Wildman–Crippen MR) is 76.0 cm³/mol. The van der Waals surface area contributed by atoms with E-state index in [0.717, 1.165) is 16.9 Å². The van der Waals surface area contributed by atoms with Crippen LogP contribution in [0.5, 0.6) is 0 Å². The maximum Gasteiger partial charge on any atom is 0.335 e. The summed E-state index contributed by atoms with van der Waals surface area (Å²) in [4.78, 5) is 10.9. The van der Waals surface area contributed by atoms with Crippen LogP contribution >= 0.6 is 0 Å². The predicted octanol–water partition coefficient (Wildman–Crippen LogP) is 3.24. The summed E-state index contributed by atoms with van der Waals surface area (Å²) in [5.74, 6) is -0.923. The molecule has 0 aliphatic rings. The quantitative estimate of drug-likeness (QED) is 0.790. The van der Waals surface area contributed by atoms with Crippen molar-refractivity contribution in [1.29, 1.82) is 0 Å². The van der Waals surface area contributed by atoms with E-state index >= 15 is 0 Å². The third-order valence-corrected chi connectivity index (χ3v) is 3.07. The molecule has 0 aliphatic carbocycles. The Bertz CT molecular complexity index is 731.